The van der Waals surface area contributed by atoms with Crippen LogP contribution in [-0.4, -0.2) is 31.1 Å². The summed E-state index contributed by atoms with van der Waals surface area (Å²) in [5.74, 6) is -0.227. The maximum absolute atomic E-state index is 11.9. The number of benzene rings is 1. The largest absolute Gasteiger partial charge is 0.369 e. The van der Waals surface area contributed by atoms with Crippen molar-refractivity contribution >= 4 is 11.6 Å². The summed E-state index contributed by atoms with van der Waals surface area (Å²) in [4.78, 5) is 14.3. The van der Waals surface area contributed by atoms with E-state index in [1.807, 2.05) is 7.05 Å². The van der Waals surface area contributed by atoms with Crippen molar-refractivity contribution < 1.29 is 4.79 Å². The van der Waals surface area contributed by atoms with E-state index in [4.69, 9.17) is 5.73 Å². The first-order valence-corrected chi connectivity index (χ1v) is 7.84. The van der Waals surface area contributed by atoms with Crippen molar-refractivity contribution in [2.24, 2.45) is 5.73 Å². The van der Waals surface area contributed by atoms with Crippen LogP contribution in [0, 0.1) is 6.92 Å². The summed E-state index contributed by atoms with van der Waals surface area (Å²) < 4.78 is 0. The number of likely N-dealkylation sites (N-methyl/N-ethyl adjacent to an activating group) is 1. The van der Waals surface area contributed by atoms with Crippen LogP contribution in [0.3, 0.4) is 0 Å². The minimum Gasteiger partial charge on any atom is -0.369 e. The maximum Gasteiger partial charge on any atom is 0.237 e. The number of nitrogens with two attached hydrogens (primary N) is 1. The van der Waals surface area contributed by atoms with Gasteiger partial charge < -0.3 is 16.0 Å². The summed E-state index contributed by atoms with van der Waals surface area (Å²) in [6.45, 7) is 5.22. The van der Waals surface area contributed by atoms with E-state index in [0.29, 0.717) is 6.04 Å². The van der Waals surface area contributed by atoms with E-state index in [1.54, 1.807) is 0 Å². The molecule has 1 aromatic carbocycles. The molecule has 0 radical (unpaired) electrons. The van der Waals surface area contributed by atoms with Gasteiger partial charge in [-0.25, -0.2) is 0 Å². The number of rotatable bonds is 5. The predicted octanol–water partition coefficient (Wildman–Crippen LogP) is 2.21. The second-order valence-electron chi connectivity index (χ2n) is 6.07. The SMILES string of the molecule is CCN(c1cccc(C)c1)C1CCCC(NC)(C(N)=O)C1. The molecule has 2 atom stereocenters. The summed E-state index contributed by atoms with van der Waals surface area (Å²) in [7, 11) is 1.84. The van der Waals surface area contributed by atoms with Gasteiger partial charge in [-0.1, -0.05) is 12.1 Å². The van der Waals surface area contributed by atoms with Crippen LogP contribution in [0.2, 0.25) is 0 Å². The number of anilines is 1. The fraction of sp³-hybridized carbons (Fsp3) is 0.588. The fourth-order valence-corrected chi connectivity index (χ4v) is 3.54. The van der Waals surface area contributed by atoms with Crippen molar-refractivity contribution in [2.45, 2.75) is 51.1 Å². The molecule has 0 saturated heterocycles. The van der Waals surface area contributed by atoms with Crippen LogP contribution in [0.4, 0.5) is 5.69 Å². The van der Waals surface area contributed by atoms with Crippen molar-refractivity contribution in [1.82, 2.24) is 5.32 Å². The van der Waals surface area contributed by atoms with Crippen LogP contribution < -0.4 is 16.0 Å². The Bertz CT molecular complexity index is 503. The highest BCUT2D eigenvalue weighted by molar-refractivity contribution is 5.85. The van der Waals surface area contributed by atoms with Gasteiger partial charge in [0.25, 0.3) is 0 Å². The minimum atomic E-state index is -0.555. The molecule has 116 valence electrons. The zero-order valence-electron chi connectivity index (χ0n) is 13.4. The second-order valence-corrected chi connectivity index (χ2v) is 6.07. The molecule has 0 aliphatic heterocycles. The van der Waals surface area contributed by atoms with E-state index in [9.17, 15) is 4.79 Å². The number of nitrogens with zero attached hydrogens (tertiary/aromatic N) is 1. The molecule has 0 spiro atoms. The molecule has 4 nitrogen and oxygen atoms in total. The van der Waals surface area contributed by atoms with Gasteiger partial charge in [-0.05, 0) is 64.3 Å². The molecule has 1 fully saturated rings. The van der Waals surface area contributed by atoms with Gasteiger partial charge in [-0.3, -0.25) is 4.79 Å². The number of nitrogens with one attached hydrogen (secondary N) is 1. The molecule has 1 amide bonds. The summed E-state index contributed by atoms with van der Waals surface area (Å²) in [6, 6.07) is 8.92. The molecule has 0 bridgehead atoms. The Morgan fingerprint density at radius 1 is 1.52 bits per heavy atom. The molecular formula is C17H27N3O. The summed E-state index contributed by atoms with van der Waals surface area (Å²) in [6.07, 6.45) is 3.75. The van der Waals surface area contributed by atoms with E-state index in [-0.39, 0.29) is 5.91 Å². The predicted molar refractivity (Wildman–Crippen MR) is 87.4 cm³/mol. The summed E-state index contributed by atoms with van der Waals surface area (Å²) in [5.41, 5.74) is 7.60. The first-order chi connectivity index (χ1) is 10.0. The number of primary amides is 1. The van der Waals surface area contributed by atoms with Crippen LogP contribution in [-0.2, 0) is 4.79 Å². The van der Waals surface area contributed by atoms with Gasteiger partial charge in [0.05, 0.1) is 5.54 Å². The van der Waals surface area contributed by atoms with Crippen LogP contribution in [0.1, 0.15) is 38.2 Å². The highest BCUT2D eigenvalue weighted by Crippen LogP contribution is 2.33. The smallest absolute Gasteiger partial charge is 0.237 e. The molecule has 1 saturated carbocycles. The molecule has 1 aliphatic carbocycles. The van der Waals surface area contributed by atoms with E-state index >= 15 is 0 Å². The topological polar surface area (TPSA) is 58.4 Å². The number of carbonyl (C=O) groups is 1. The van der Waals surface area contributed by atoms with Crippen molar-refractivity contribution in [1.29, 1.82) is 0 Å². The van der Waals surface area contributed by atoms with E-state index in [2.05, 4.69) is 48.3 Å². The molecule has 3 N–H and O–H groups in total. The monoisotopic (exact) mass is 289 g/mol. The number of hydrogen-bond donors (Lipinski definition) is 2. The van der Waals surface area contributed by atoms with Crippen LogP contribution >= 0.6 is 0 Å². The van der Waals surface area contributed by atoms with Gasteiger partial charge in [0.15, 0.2) is 0 Å². The Morgan fingerprint density at radius 3 is 2.86 bits per heavy atom. The van der Waals surface area contributed by atoms with E-state index in [0.717, 1.165) is 32.2 Å². The van der Waals surface area contributed by atoms with Crippen molar-refractivity contribution in [3.8, 4) is 0 Å². The zero-order chi connectivity index (χ0) is 15.5. The number of carbonyl (C=O) groups excluding carboxylic acids is 1. The Kier molecular flexibility index (Phi) is 4.88. The lowest BCUT2D eigenvalue weighted by atomic mass is 9.77. The highest BCUT2D eigenvalue weighted by Gasteiger charge is 2.41. The normalized spacial score (nSPS) is 25.6. The maximum atomic E-state index is 11.9. The lowest BCUT2D eigenvalue weighted by Gasteiger charge is -2.43. The standard InChI is InChI=1S/C17H27N3O/c1-4-20(14-8-5-7-13(2)11-14)15-9-6-10-17(12-15,19-3)16(18)21/h5,7-8,11,15,19H,4,6,9-10,12H2,1-3H3,(H2,18,21). The van der Waals surface area contributed by atoms with E-state index < -0.39 is 5.54 Å². The summed E-state index contributed by atoms with van der Waals surface area (Å²) >= 11 is 0. The Morgan fingerprint density at radius 2 is 2.29 bits per heavy atom. The van der Waals surface area contributed by atoms with Gasteiger partial charge >= 0.3 is 0 Å². The molecule has 2 rings (SSSR count). The van der Waals surface area contributed by atoms with Gasteiger partial charge in [0, 0.05) is 18.3 Å². The van der Waals surface area contributed by atoms with E-state index in [1.165, 1.54) is 11.3 Å². The fourth-order valence-electron chi connectivity index (χ4n) is 3.54. The number of amides is 1. The van der Waals surface area contributed by atoms with Crippen LogP contribution in [0.25, 0.3) is 0 Å². The van der Waals surface area contributed by atoms with Crippen LogP contribution in [0.15, 0.2) is 24.3 Å². The van der Waals surface area contributed by atoms with Gasteiger partial charge in [0.1, 0.15) is 0 Å². The summed E-state index contributed by atoms with van der Waals surface area (Å²) in [5, 5.41) is 3.19. The Hall–Kier alpha value is -1.55. The quantitative estimate of drug-likeness (QED) is 0.873. The van der Waals surface area contributed by atoms with Crippen molar-refractivity contribution in [3.63, 3.8) is 0 Å². The third kappa shape index (κ3) is 3.21. The first-order valence-electron chi connectivity index (χ1n) is 7.84. The van der Waals surface area contributed by atoms with Gasteiger partial charge in [-0.2, -0.15) is 0 Å². The van der Waals surface area contributed by atoms with Crippen LogP contribution in [0.5, 0.6) is 0 Å². The molecule has 21 heavy (non-hydrogen) atoms. The molecule has 1 aromatic rings. The third-order valence-electron chi connectivity index (χ3n) is 4.79. The first kappa shape index (κ1) is 15.8. The van der Waals surface area contributed by atoms with Gasteiger partial charge in [-0.15, -0.1) is 0 Å². The third-order valence-corrected chi connectivity index (χ3v) is 4.79. The molecule has 2 unspecified atom stereocenters. The van der Waals surface area contributed by atoms with Crippen molar-refractivity contribution in [3.05, 3.63) is 29.8 Å². The molecule has 4 heteroatoms. The average molecular weight is 289 g/mol. The lowest BCUT2D eigenvalue weighted by molar-refractivity contribution is -0.125. The number of aryl methyl sites for hydroxylation is 1. The minimum absolute atomic E-state index is 0.227. The zero-order valence-corrected chi connectivity index (χ0v) is 13.4. The van der Waals surface area contributed by atoms with Gasteiger partial charge in [0.2, 0.25) is 5.91 Å². The Balaban J connectivity index is 2.24. The average Bonchev–Trinajstić information content (AvgIpc) is 2.48. The molecule has 1 aliphatic rings. The Labute approximate surface area is 127 Å². The van der Waals surface area contributed by atoms with Crippen molar-refractivity contribution in [2.75, 3.05) is 18.5 Å². The molecule has 0 aromatic heterocycles. The molecule has 0 heterocycles. The lowest BCUT2D eigenvalue weighted by Crippen LogP contribution is -2.59. The number of hydrogen-bond acceptors (Lipinski definition) is 3. The second kappa shape index (κ2) is 6.48. The highest BCUT2D eigenvalue weighted by atomic mass is 16.1. The molecular weight excluding hydrogens is 262 g/mol.